The van der Waals surface area contributed by atoms with E-state index in [1.165, 1.54) is 22.5 Å². The molecule has 1 aromatic rings. The van der Waals surface area contributed by atoms with E-state index < -0.39 is 10.0 Å². The van der Waals surface area contributed by atoms with Crippen molar-refractivity contribution in [1.29, 1.82) is 5.26 Å². The van der Waals surface area contributed by atoms with E-state index in [2.05, 4.69) is 6.92 Å². The number of halogens is 1. The number of nitrogens with zero attached hydrogens (tertiary/aromatic N) is 2. The van der Waals surface area contributed by atoms with Crippen molar-refractivity contribution in [1.82, 2.24) is 4.31 Å². The van der Waals surface area contributed by atoms with Gasteiger partial charge in [0, 0.05) is 19.1 Å². The molecule has 1 saturated heterocycles. The Kier molecular flexibility index (Phi) is 4.89. The summed E-state index contributed by atoms with van der Waals surface area (Å²) in [6, 6.07) is 5.98. The summed E-state index contributed by atoms with van der Waals surface area (Å²) in [5.41, 5.74) is 6.00. The summed E-state index contributed by atoms with van der Waals surface area (Å²) in [5.74, 6) is 0.450. The lowest BCUT2D eigenvalue weighted by molar-refractivity contribution is 0.211. The van der Waals surface area contributed by atoms with Crippen LogP contribution in [-0.2, 0) is 10.0 Å². The zero-order chi connectivity index (χ0) is 15.6. The van der Waals surface area contributed by atoms with Crippen LogP contribution in [0.15, 0.2) is 23.1 Å². The molecule has 2 N–H and O–H groups in total. The van der Waals surface area contributed by atoms with Gasteiger partial charge < -0.3 is 5.73 Å². The molecule has 0 bridgehead atoms. The van der Waals surface area contributed by atoms with Gasteiger partial charge in [0.1, 0.15) is 4.90 Å². The largest absolute Gasteiger partial charge is 0.329 e. The second kappa shape index (κ2) is 6.32. The van der Waals surface area contributed by atoms with Gasteiger partial charge >= 0.3 is 0 Å². The van der Waals surface area contributed by atoms with Gasteiger partial charge in [0.05, 0.1) is 16.7 Å². The molecule has 2 atom stereocenters. The van der Waals surface area contributed by atoms with E-state index in [1.807, 2.05) is 6.07 Å². The number of nitrogens with two attached hydrogens (primary N) is 1. The molecule has 0 radical (unpaired) electrons. The normalized spacial score (nSPS) is 23.7. The maximum atomic E-state index is 12.8. The molecule has 5 nitrogen and oxygen atoms in total. The SMILES string of the molecule is CC1CCN(S(=O)(=O)c2cc(C#N)ccc2Cl)C(CN)C1. The van der Waals surface area contributed by atoms with Crippen LogP contribution >= 0.6 is 11.6 Å². The summed E-state index contributed by atoms with van der Waals surface area (Å²) in [5, 5.41) is 9.07. The molecule has 0 aromatic heterocycles. The minimum Gasteiger partial charge on any atom is -0.329 e. The number of hydrogen-bond acceptors (Lipinski definition) is 4. The van der Waals surface area contributed by atoms with Gasteiger partial charge in [-0.25, -0.2) is 8.42 Å². The maximum Gasteiger partial charge on any atom is 0.244 e. The van der Waals surface area contributed by atoms with Gasteiger partial charge in [-0.05, 0) is 37.0 Å². The lowest BCUT2D eigenvalue weighted by atomic mass is 9.94. The highest BCUT2D eigenvalue weighted by Gasteiger charge is 2.36. The van der Waals surface area contributed by atoms with Crippen LogP contribution in [0.5, 0.6) is 0 Å². The number of nitriles is 1. The van der Waals surface area contributed by atoms with E-state index in [0.717, 1.165) is 12.8 Å². The summed E-state index contributed by atoms with van der Waals surface area (Å²) in [7, 11) is -3.74. The highest BCUT2D eigenvalue weighted by molar-refractivity contribution is 7.89. The van der Waals surface area contributed by atoms with Crippen LogP contribution in [0.2, 0.25) is 5.02 Å². The van der Waals surface area contributed by atoms with E-state index >= 15 is 0 Å². The fraction of sp³-hybridized carbons (Fsp3) is 0.500. The first kappa shape index (κ1) is 16.2. The van der Waals surface area contributed by atoms with Crippen molar-refractivity contribution in [3.8, 4) is 6.07 Å². The third kappa shape index (κ3) is 3.22. The highest BCUT2D eigenvalue weighted by atomic mass is 35.5. The molecule has 1 aliphatic heterocycles. The molecule has 7 heteroatoms. The van der Waals surface area contributed by atoms with E-state index in [4.69, 9.17) is 22.6 Å². The van der Waals surface area contributed by atoms with Crippen LogP contribution in [0.3, 0.4) is 0 Å². The van der Waals surface area contributed by atoms with Crippen LogP contribution in [0.4, 0.5) is 0 Å². The van der Waals surface area contributed by atoms with Gasteiger partial charge in [-0.3, -0.25) is 0 Å². The Hall–Kier alpha value is -1.13. The Morgan fingerprint density at radius 3 is 2.86 bits per heavy atom. The number of piperidine rings is 1. The van der Waals surface area contributed by atoms with E-state index in [0.29, 0.717) is 12.5 Å². The summed E-state index contributed by atoms with van der Waals surface area (Å²) in [4.78, 5) is -0.0174. The zero-order valence-corrected chi connectivity index (χ0v) is 13.4. The van der Waals surface area contributed by atoms with Crippen molar-refractivity contribution in [2.45, 2.75) is 30.7 Å². The predicted molar refractivity (Wildman–Crippen MR) is 81.3 cm³/mol. The van der Waals surface area contributed by atoms with Gasteiger partial charge in [0.15, 0.2) is 0 Å². The molecule has 0 aliphatic carbocycles. The van der Waals surface area contributed by atoms with E-state index in [1.54, 1.807) is 0 Å². The third-order valence-corrected chi connectivity index (χ3v) is 6.28. The number of hydrogen-bond donors (Lipinski definition) is 1. The second-order valence-corrected chi connectivity index (χ2v) is 7.66. The molecular formula is C14H18ClN3O2S. The Labute approximate surface area is 130 Å². The third-order valence-electron chi connectivity index (χ3n) is 3.84. The number of sulfonamides is 1. The van der Waals surface area contributed by atoms with Gasteiger partial charge in [0.2, 0.25) is 10.0 Å². The first-order valence-electron chi connectivity index (χ1n) is 6.81. The number of rotatable bonds is 3. The Morgan fingerprint density at radius 1 is 1.52 bits per heavy atom. The quantitative estimate of drug-likeness (QED) is 0.919. The molecule has 2 unspecified atom stereocenters. The Morgan fingerprint density at radius 2 is 2.24 bits per heavy atom. The average Bonchev–Trinajstić information content (AvgIpc) is 2.47. The summed E-state index contributed by atoms with van der Waals surface area (Å²) >= 11 is 6.03. The fourth-order valence-corrected chi connectivity index (χ4v) is 4.82. The van der Waals surface area contributed by atoms with Crippen LogP contribution in [0, 0.1) is 17.2 Å². The van der Waals surface area contributed by atoms with Crippen molar-refractivity contribution in [3.05, 3.63) is 28.8 Å². The van der Waals surface area contributed by atoms with Gasteiger partial charge in [-0.2, -0.15) is 9.57 Å². The molecule has 114 valence electrons. The molecule has 1 aromatic carbocycles. The molecule has 21 heavy (non-hydrogen) atoms. The molecule has 2 rings (SSSR count). The lowest BCUT2D eigenvalue weighted by Gasteiger charge is -2.37. The smallest absolute Gasteiger partial charge is 0.244 e. The van der Waals surface area contributed by atoms with Crippen molar-refractivity contribution in [2.24, 2.45) is 11.7 Å². The fourth-order valence-electron chi connectivity index (χ4n) is 2.66. The van der Waals surface area contributed by atoms with Crippen molar-refractivity contribution in [3.63, 3.8) is 0 Å². The Balaban J connectivity index is 2.44. The zero-order valence-electron chi connectivity index (χ0n) is 11.8. The van der Waals surface area contributed by atoms with Crippen molar-refractivity contribution < 1.29 is 8.42 Å². The summed E-state index contributed by atoms with van der Waals surface area (Å²) in [6.45, 7) is 2.80. The average molecular weight is 328 g/mol. The van der Waals surface area contributed by atoms with Crippen LogP contribution < -0.4 is 5.73 Å². The van der Waals surface area contributed by atoms with Crippen molar-refractivity contribution >= 4 is 21.6 Å². The van der Waals surface area contributed by atoms with E-state index in [-0.39, 0.29) is 28.1 Å². The topological polar surface area (TPSA) is 87.2 Å². The molecule has 0 spiro atoms. The predicted octanol–water partition coefficient (Wildman–Crippen LogP) is 1.96. The van der Waals surface area contributed by atoms with E-state index in [9.17, 15) is 8.42 Å². The van der Waals surface area contributed by atoms with Crippen LogP contribution in [-0.4, -0.2) is 31.9 Å². The first-order chi connectivity index (χ1) is 9.90. The highest BCUT2D eigenvalue weighted by Crippen LogP contribution is 2.31. The van der Waals surface area contributed by atoms with Gasteiger partial charge in [-0.15, -0.1) is 0 Å². The standard InChI is InChI=1S/C14H18ClN3O2S/c1-10-4-5-18(12(6-10)9-17)21(19,20)14-7-11(8-16)2-3-13(14)15/h2-3,7,10,12H,4-6,9,17H2,1H3. The minimum absolute atomic E-state index is 0.0174. The van der Waals surface area contributed by atoms with Crippen LogP contribution in [0.1, 0.15) is 25.3 Å². The van der Waals surface area contributed by atoms with Gasteiger partial charge in [-0.1, -0.05) is 18.5 Å². The molecule has 1 aliphatic rings. The monoisotopic (exact) mass is 327 g/mol. The molecule has 1 heterocycles. The second-order valence-electron chi connectivity index (χ2n) is 5.39. The molecule has 1 fully saturated rings. The summed E-state index contributed by atoms with van der Waals surface area (Å²) in [6.07, 6.45) is 1.54. The molecule has 0 amide bonds. The minimum atomic E-state index is -3.74. The van der Waals surface area contributed by atoms with Crippen LogP contribution in [0.25, 0.3) is 0 Å². The van der Waals surface area contributed by atoms with Crippen molar-refractivity contribution in [2.75, 3.05) is 13.1 Å². The lowest BCUT2D eigenvalue weighted by Crippen LogP contribution is -2.49. The number of benzene rings is 1. The molecular weight excluding hydrogens is 310 g/mol. The maximum absolute atomic E-state index is 12.8. The van der Waals surface area contributed by atoms with Gasteiger partial charge in [0.25, 0.3) is 0 Å². The molecule has 0 saturated carbocycles. The first-order valence-corrected chi connectivity index (χ1v) is 8.63. The Bertz CT molecular complexity index is 669. The summed E-state index contributed by atoms with van der Waals surface area (Å²) < 4.78 is 27.1.